The number of aromatic amines is 1. The fourth-order valence-corrected chi connectivity index (χ4v) is 2.86. The topological polar surface area (TPSA) is 239 Å². The van der Waals surface area contributed by atoms with Crippen LogP contribution in [0.3, 0.4) is 0 Å². The summed E-state index contributed by atoms with van der Waals surface area (Å²) in [6.45, 7) is 0.0247. The molecule has 0 aliphatic carbocycles. The Morgan fingerprint density at radius 2 is 1.76 bits per heavy atom. The highest BCUT2D eigenvalue weighted by molar-refractivity contribution is 5.97. The summed E-state index contributed by atoms with van der Waals surface area (Å²) in [5.74, 6) is -3.23. The van der Waals surface area contributed by atoms with Gasteiger partial charge in [-0.3, -0.25) is 14.4 Å². The van der Waals surface area contributed by atoms with Gasteiger partial charge in [-0.15, -0.1) is 0 Å². The highest BCUT2D eigenvalue weighted by atomic mass is 16.4. The summed E-state index contributed by atoms with van der Waals surface area (Å²) in [6, 6.07) is 4.66. The Labute approximate surface area is 185 Å². The van der Waals surface area contributed by atoms with E-state index < -0.39 is 35.9 Å². The quantitative estimate of drug-likeness (QED) is 0.216. The third-order valence-electron chi connectivity index (χ3n) is 4.53. The molecule has 1 amide bonds. The molecule has 33 heavy (non-hydrogen) atoms. The van der Waals surface area contributed by atoms with Gasteiger partial charge in [-0.1, -0.05) is 0 Å². The smallest absolute Gasteiger partial charge is 0.326 e. The molecule has 0 unspecified atom stereocenters. The Hall–Kier alpha value is -4.75. The predicted octanol–water partition coefficient (Wildman–Crippen LogP) is -0.463. The number of aliphatic carboxylic acids is 2. The Morgan fingerprint density at radius 1 is 1.06 bits per heavy atom. The molecule has 0 radical (unpaired) electrons. The summed E-state index contributed by atoms with van der Waals surface area (Å²) in [6.07, 6.45) is -0.640. The Kier molecular flexibility index (Phi) is 6.66. The molecule has 0 aliphatic rings. The number of benzene rings is 1. The molecule has 3 aromatic rings. The number of carbonyl (C=O) groups excluding carboxylic acids is 1. The van der Waals surface area contributed by atoms with Crippen LogP contribution in [0, 0.1) is 0 Å². The lowest BCUT2D eigenvalue weighted by molar-refractivity contribution is -0.140. The van der Waals surface area contributed by atoms with E-state index in [4.69, 9.17) is 21.7 Å². The van der Waals surface area contributed by atoms with Gasteiger partial charge in [0.25, 0.3) is 11.5 Å². The number of carboxylic acids is 2. The molecule has 2 aromatic heterocycles. The minimum atomic E-state index is -1.33. The van der Waals surface area contributed by atoms with Crippen molar-refractivity contribution in [2.75, 3.05) is 16.8 Å². The molecule has 3 rings (SSSR count). The molecule has 0 spiro atoms. The number of H-pyrrole nitrogens is 1. The average molecular weight is 456 g/mol. The van der Waals surface area contributed by atoms with Crippen molar-refractivity contribution in [3.05, 3.63) is 45.9 Å². The number of fused-ring (bicyclic) bond motifs is 1. The van der Waals surface area contributed by atoms with Crippen LogP contribution in [0.4, 0.5) is 17.5 Å². The molecule has 0 bridgehead atoms. The molecular weight excluding hydrogens is 436 g/mol. The van der Waals surface area contributed by atoms with Gasteiger partial charge in [-0.05, 0) is 30.7 Å². The van der Waals surface area contributed by atoms with Crippen LogP contribution in [0.2, 0.25) is 0 Å². The van der Waals surface area contributed by atoms with E-state index in [1.165, 1.54) is 12.1 Å². The summed E-state index contributed by atoms with van der Waals surface area (Å²) in [7, 11) is 0. The summed E-state index contributed by atoms with van der Waals surface area (Å²) in [4.78, 5) is 60.8. The van der Waals surface area contributed by atoms with Crippen LogP contribution < -0.4 is 27.7 Å². The maximum atomic E-state index is 12.3. The first-order valence-electron chi connectivity index (χ1n) is 9.55. The first-order valence-corrected chi connectivity index (χ1v) is 9.55. The summed E-state index contributed by atoms with van der Waals surface area (Å²) >= 11 is 0. The van der Waals surface area contributed by atoms with Crippen molar-refractivity contribution in [3.8, 4) is 0 Å². The number of nitrogen functional groups attached to an aromatic ring is 2. The van der Waals surface area contributed by atoms with E-state index in [2.05, 4.69) is 30.6 Å². The van der Waals surface area contributed by atoms with Gasteiger partial charge in [0.1, 0.15) is 17.3 Å². The van der Waals surface area contributed by atoms with Gasteiger partial charge in [0.05, 0.1) is 6.54 Å². The molecule has 172 valence electrons. The second-order valence-corrected chi connectivity index (χ2v) is 6.90. The monoisotopic (exact) mass is 456 g/mol. The van der Waals surface area contributed by atoms with Gasteiger partial charge in [0.15, 0.2) is 11.5 Å². The lowest BCUT2D eigenvalue weighted by Gasteiger charge is -2.14. The van der Waals surface area contributed by atoms with Gasteiger partial charge in [-0.2, -0.15) is 9.97 Å². The highest BCUT2D eigenvalue weighted by Gasteiger charge is 2.21. The van der Waals surface area contributed by atoms with Crippen molar-refractivity contribution in [1.82, 2.24) is 25.3 Å². The number of nitrogens with zero attached hydrogens (tertiary/aromatic N) is 3. The lowest BCUT2D eigenvalue weighted by atomic mass is 10.1. The normalized spacial score (nSPS) is 11.6. The fourth-order valence-electron chi connectivity index (χ4n) is 2.86. The van der Waals surface area contributed by atoms with E-state index >= 15 is 0 Å². The molecule has 14 nitrogen and oxygen atoms in total. The first kappa shape index (κ1) is 22.9. The molecule has 14 heteroatoms. The summed E-state index contributed by atoms with van der Waals surface area (Å²) in [5.41, 5.74) is 11.9. The molecule has 0 saturated heterocycles. The second kappa shape index (κ2) is 9.59. The van der Waals surface area contributed by atoms with Crippen LogP contribution in [0.1, 0.15) is 28.9 Å². The van der Waals surface area contributed by atoms with Crippen molar-refractivity contribution < 1.29 is 24.6 Å². The van der Waals surface area contributed by atoms with Gasteiger partial charge in [0, 0.05) is 17.7 Å². The number of hydrogen-bond acceptors (Lipinski definition) is 10. The number of nitrogens with two attached hydrogens (primary N) is 2. The van der Waals surface area contributed by atoms with Crippen LogP contribution >= 0.6 is 0 Å². The zero-order valence-electron chi connectivity index (χ0n) is 17.0. The van der Waals surface area contributed by atoms with Crippen molar-refractivity contribution in [2.24, 2.45) is 0 Å². The number of anilines is 3. The van der Waals surface area contributed by atoms with Gasteiger partial charge >= 0.3 is 11.9 Å². The first-order chi connectivity index (χ1) is 15.6. The molecule has 9 N–H and O–H groups in total. The standard InChI is InChI=1S/C19H20N8O6/c20-14-13-15(27-19(21)25-14)26-17(31)11(23-13)7-22-9-3-1-8(2-4-9)16(30)24-10(18(32)33)5-6-12(28)29/h1-4,10,22H,5-7H2,(H,24,30)(H,28,29)(H,32,33)(H5,20,21,25,26,27,31)/t10-/m1/s1. The van der Waals surface area contributed by atoms with Crippen LogP contribution in [0.5, 0.6) is 0 Å². The van der Waals surface area contributed by atoms with E-state index in [0.29, 0.717) is 5.69 Å². The molecular formula is C19H20N8O6. The van der Waals surface area contributed by atoms with E-state index in [1.54, 1.807) is 12.1 Å². The van der Waals surface area contributed by atoms with Gasteiger partial charge in [0.2, 0.25) is 5.95 Å². The fraction of sp³-hybridized carbons (Fsp3) is 0.211. The predicted molar refractivity (Wildman–Crippen MR) is 116 cm³/mol. The Morgan fingerprint density at radius 3 is 2.39 bits per heavy atom. The van der Waals surface area contributed by atoms with Crippen LogP contribution in [0.15, 0.2) is 29.1 Å². The maximum Gasteiger partial charge on any atom is 0.326 e. The Bertz CT molecular complexity index is 1270. The Balaban J connectivity index is 1.66. The zero-order valence-corrected chi connectivity index (χ0v) is 17.0. The number of carbonyl (C=O) groups is 3. The van der Waals surface area contributed by atoms with Gasteiger partial charge in [-0.25, -0.2) is 9.78 Å². The largest absolute Gasteiger partial charge is 0.481 e. The van der Waals surface area contributed by atoms with E-state index in [9.17, 15) is 19.2 Å². The molecule has 0 saturated carbocycles. The van der Waals surface area contributed by atoms with Gasteiger partial charge < -0.3 is 37.3 Å². The zero-order chi connectivity index (χ0) is 24.1. The average Bonchev–Trinajstić information content (AvgIpc) is 2.75. The van der Waals surface area contributed by atoms with Crippen LogP contribution in [0.25, 0.3) is 11.2 Å². The molecule has 0 fully saturated rings. The van der Waals surface area contributed by atoms with E-state index in [0.717, 1.165) is 0 Å². The number of amides is 1. The van der Waals surface area contributed by atoms with Crippen molar-refractivity contribution in [2.45, 2.75) is 25.4 Å². The molecule has 0 aliphatic heterocycles. The molecule has 2 heterocycles. The van der Waals surface area contributed by atoms with Crippen LogP contribution in [-0.4, -0.2) is 54.0 Å². The third-order valence-corrected chi connectivity index (χ3v) is 4.53. The van der Waals surface area contributed by atoms with Crippen molar-refractivity contribution in [1.29, 1.82) is 0 Å². The minimum Gasteiger partial charge on any atom is -0.481 e. The van der Waals surface area contributed by atoms with E-state index in [-0.39, 0.29) is 47.2 Å². The third kappa shape index (κ3) is 5.69. The second-order valence-electron chi connectivity index (χ2n) is 6.90. The summed E-state index contributed by atoms with van der Waals surface area (Å²) < 4.78 is 0. The lowest BCUT2D eigenvalue weighted by Crippen LogP contribution is -2.41. The number of aromatic nitrogens is 4. The minimum absolute atomic E-state index is 0.0217. The highest BCUT2D eigenvalue weighted by Crippen LogP contribution is 2.14. The van der Waals surface area contributed by atoms with Crippen molar-refractivity contribution >= 4 is 46.5 Å². The SMILES string of the molecule is Nc1nc(N)c2nc(CNc3ccc(C(=O)N[C@H](CCC(=O)O)C(=O)O)cc3)c(=O)[nH]c2n1. The number of carboxylic acid groups (broad SMARTS) is 2. The number of rotatable bonds is 9. The number of nitrogens with one attached hydrogen (secondary N) is 3. The maximum absolute atomic E-state index is 12.3. The molecule has 1 atom stereocenters. The van der Waals surface area contributed by atoms with Crippen molar-refractivity contribution in [3.63, 3.8) is 0 Å². The van der Waals surface area contributed by atoms with Crippen LogP contribution in [-0.2, 0) is 16.1 Å². The van der Waals surface area contributed by atoms with E-state index in [1.807, 2.05) is 0 Å². The number of hydrogen-bond donors (Lipinski definition) is 7. The molecule has 1 aromatic carbocycles. The summed E-state index contributed by atoms with van der Waals surface area (Å²) in [5, 5.41) is 23.1.